The minimum atomic E-state index is 0.0493. The summed E-state index contributed by atoms with van der Waals surface area (Å²) in [6.07, 6.45) is 2.75. The number of hydrogen-bond donors (Lipinski definition) is 0. The number of halogens is 2. The van der Waals surface area contributed by atoms with Crippen molar-refractivity contribution in [1.82, 2.24) is 14.5 Å². The van der Waals surface area contributed by atoms with Crippen molar-refractivity contribution in [2.45, 2.75) is 25.8 Å². The van der Waals surface area contributed by atoms with Gasteiger partial charge in [-0.15, -0.1) is 11.3 Å². The van der Waals surface area contributed by atoms with Gasteiger partial charge in [0.1, 0.15) is 10.8 Å². The molecule has 0 saturated carbocycles. The Labute approximate surface area is 201 Å². The number of aromatic nitrogens is 3. The minimum absolute atomic E-state index is 0.0493. The average molecular weight is 478 g/mol. The Bertz CT molecular complexity index is 1360. The summed E-state index contributed by atoms with van der Waals surface area (Å²) in [6, 6.07) is 22.6. The van der Waals surface area contributed by atoms with Gasteiger partial charge in [-0.05, 0) is 66.4 Å². The van der Waals surface area contributed by atoms with Gasteiger partial charge in [0, 0.05) is 28.2 Å². The van der Waals surface area contributed by atoms with Gasteiger partial charge in [-0.25, -0.2) is 9.97 Å². The number of aryl methyl sites for hydroxylation is 3. The summed E-state index contributed by atoms with van der Waals surface area (Å²) in [6.45, 7) is 2.91. The summed E-state index contributed by atoms with van der Waals surface area (Å²) in [4.78, 5) is 9.43. The van der Waals surface area contributed by atoms with Crippen LogP contribution in [0.3, 0.4) is 0 Å². The molecule has 0 fully saturated rings. The topological polar surface area (TPSA) is 30.7 Å². The van der Waals surface area contributed by atoms with Gasteiger partial charge in [-0.2, -0.15) is 0 Å². The monoisotopic (exact) mass is 477 g/mol. The largest absolute Gasteiger partial charge is 0.328 e. The molecule has 3 aromatic carbocycles. The Morgan fingerprint density at radius 1 is 0.938 bits per heavy atom. The van der Waals surface area contributed by atoms with E-state index in [0.29, 0.717) is 0 Å². The molecule has 0 radical (unpaired) electrons. The van der Waals surface area contributed by atoms with E-state index in [1.54, 1.807) is 11.3 Å². The van der Waals surface area contributed by atoms with Crippen LogP contribution < -0.4 is 0 Å². The summed E-state index contributed by atoms with van der Waals surface area (Å²) in [7, 11) is 0. The van der Waals surface area contributed by atoms with E-state index in [1.807, 2.05) is 41.9 Å². The third-order valence-electron chi connectivity index (χ3n) is 5.71. The molecule has 160 valence electrons. The van der Waals surface area contributed by atoms with Crippen LogP contribution in [0.15, 0.2) is 78.3 Å². The number of hydrogen-bond acceptors (Lipinski definition) is 3. The standard InChI is InChI=1S/C26H21Cl2N3S/c1-17-30-23-10-7-20(16-24(23)31(17)13-11-18-3-2-4-22(28)15-18)25(26-29-12-14-32-26)19-5-8-21(27)9-6-19/h2-10,12,14-16,25H,11,13H2,1H3. The van der Waals surface area contributed by atoms with E-state index in [-0.39, 0.29) is 5.92 Å². The quantitative estimate of drug-likeness (QED) is 0.253. The second-order valence-corrected chi connectivity index (χ2v) is 9.59. The highest BCUT2D eigenvalue weighted by molar-refractivity contribution is 7.09. The third-order valence-corrected chi connectivity index (χ3v) is 7.04. The molecule has 0 spiro atoms. The Morgan fingerprint density at radius 2 is 1.75 bits per heavy atom. The van der Waals surface area contributed by atoms with Crippen LogP contribution in [0.2, 0.25) is 10.0 Å². The van der Waals surface area contributed by atoms with Crippen LogP contribution in [0, 0.1) is 6.92 Å². The van der Waals surface area contributed by atoms with Gasteiger partial charge in [0.25, 0.3) is 0 Å². The van der Waals surface area contributed by atoms with Crippen molar-refractivity contribution >= 4 is 45.6 Å². The molecule has 0 bridgehead atoms. The maximum Gasteiger partial charge on any atom is 0.106 e. The minimum Gasteiger partial charge on any atom is -0.328 e. The fourth-order valence-electron chi connectivity index (χ4n) is 4.17. The van der Waals surface area contributed by atoms with E-state index in [2.05, 4.69) is 52.9 Å². The predicted molar refractivity (Wildman–Crippen MR) is 134 cm³/mol. The van der Waals surface area contributed by atoms with Crippen molar-refractivity contribution in [3.63, 3.8) is 0 Å². The van der Waals surface area contributed by atoms with Gasteiger partial charge in [0.15, 0.2) is 0 Å². The van der Waals surface area contributed by atoms with Crippen LogP contribution in [-0.2, 0) is 13.0 Å². The van der Waals surface area contributed by atoms with Crippen molar-refractivity contribution in [3.8, 4) is 0 Å². The molecule has 2 aromatic heterocycles. The number of thiazole rings is 1. The molecule has 0 aliphatic heterocycles. The molecule has 5 aromatic rings. The van der Waals surface area contributed by atoms with E-state index in [1.165, 1.54) is 16.7 Å². The lowest BCUT2D eigenvalue weighted by Crippen LogP contribution is -2.05. The average Bonchev–Trinajstić information content (AvgIpc) is 3.41. The molecular weight excluding hydrogens is 457 g/mol. The molecule has 1 unspecified atom stereocenters. The van der Waals surface area contributed by atoms with Crippen molar-refractivity contribution in [3.05, 3.63) is 116 Å². The zero-order valence-corrected chi connectivity index (χ0v) is 19.8. The number of benzene rings is 3. The van der Waals surface area contributed by atoms with E-state index < -0.39 is 0 Å². The maximum absolute atomic E-state index is 6.17. The molecule has 0 N–H and O–H groups in total. The van der Waals surface area contributed by atoms with Crippen molar-refractivity contribution < 1.29 is 0 Å². The van der Waals surface area contributed by atoms with Crippen molar-refractivity contribution in [1.29, 1.82) is 0 Å². The Kier molecular flexibility index (Phi) is 6.01. The normalized spacial score (nSPS) is 12.3. The van der Waals surface area contributed by atoms with E-state index in [0.717, 1.165) is 44.9 Å². The Balaban J connectivity index is 1.55. The molecule has 2 heterocycles. The first-order valence-electron chi connectivity index (χ1n) is 10.4. The van der Waals surface area contributed by atoms with Gasteiger partial charge >= 0.3 is 0 Å². The number of imidazole rings is 1. The molecule has 0 aliphatic rings. The van der Waals surface area contributed by atoms with Crippen LogP contribution in [0.25, 0.3) is 11.0 Å². The fraction of sp³-hybridized carbons (Fsp3) is 0.154. The predicted octanol–water partition coefficient (Wildman–Crippen LogP) is 7.53. The first kappa shape index (κ1) is 21.2. The molecule has 5 rings (SSSR count). The maximum atomic E-state index is 6.17. The number of rotatable bonds is 6. The lowest BCUT2D eigenvalue weighted by molar-refractivity contribution is 0.692. The van der Waals surface area contributed by atoms with Crippen molar-refractivity contribution in [2.75, 3.05) is 0 Å². The summed E-state index contributed by atoms with van der Waals surface area (Å²) in [5.74, 6) is 1.06. The van der Waals surface area contributed by atoms with Crippen LogP contribution in [-0.4, -0.2) is 14.5 Å². The summed E-state index contributed by atoms with van der Waals surface area (Å²) in [5.41, 5.74) is 5.73. The molecule has 3 nitrogen and oxygen atoms in total. The van der Waals surface area contributed by atoms with Gasteiger partial charge in [-0.3, -0.25) is 0 Å². The van der Waals surface area contributed by atoms with Gasteiger partial charge in [0.05, 0.1) is 17.0 Å². The van der Waals surface area contributed by atoms with Crippen LogP contribution in [0.1, 0.15) is 33.4 Å². The second kappa shape index (κ2) is 9.07. The van der Waals surface area contributed by atoms with Gasteiger partial charge in [0.2, 0.25) is 0 Å². The van der Waals surface area contributed by atoms with Gasteiger partial charge in [-0.1, -0.05) is 53.5 Å². The summed E-state index contributed by atoms with van der Waals surface area (Å²) >= 11 is 14.0. The number of nitrogens with zero attached hydrogens (tertiary/aromatic N) is 3. The molecule has 6 heteroatoms. The van der Waals surface area contributed by atoms with Crippen molar-refractivity contribution in [2.24, 2.45) is 0 Å². The third kappa shape index (κ3) is 4.31. The fourth-order valence-corrected chi connectivity index (χ4v) is 5.30. The molecule has 0 amide bonds. The Hall–Kier alpha value is -2.66. The van der Waals surface area contributed by atoms with E-state index in [9.17, 15) is 0 Å². The lowest BCUT2D eigenvalue weighted by atomic mass is 9.91. The second-order valence-electron chi connectivity index (χ2n) is 7.79. The SMILES string of the molecule is Cc1nc2ccc(C(c3ccc(Cl)cc3)c3nccs3)cc2n1CCc1cccc(Cl)c1. The summed E-state index contributed by atoms with van der Waals surface area (Å²) < 4.78 is 2.29. The molecule has 0 aliphatic carbocycles. The smallest absolute Gasteiger partial charge is 0.106 e. The van der Waals surface area contributed by atoms with Crippen LogP contribution in [0.5, 0.6) is 0 Å². The molecule has 1 atom stereocenters. The van der Waals surface area contributed by atoms with E-state index in [4.69, 9.17) is 28.2 Å². The molecule has 32 heavy (non-hydrogen) atoms. The zero-order valence-electron chi connectivity index (χ0n) is 17.5. The molecule has 0 saturated heterocycles. The lowest BCUT2D eigenvalue weighted by Gasteiger charge is -2.17. The van der Waals surface area contributed by atoms with Crippen LogP contribution >= 0.6 is 34.5 Å². The first-order valence-corrected chi connectivity index (χ1v) is 12.1. The molecular formula is C26H21Cl2N3S. The number of fused-ring (bicyclic) bond motifs is 1. The zero-order chi connectivity index (χ0) is 22.1. The highest BCUT2D eigenvalue weighted by Crippen LogP contribution is 2.35. The van der Waals surface area contributed by atoms with Gasteiger partial charge < -0.3 is 4.57 Å². The Morgan fingerprint density at radius 3 is 2.50 bits per heavy atom. The highest BCUT2D eigenvalue weighted by atomic mass is 35.5. The highest BCUT2D eigenvalue weighted by Gasteiger charge is 2.21. The van der Waals surface area contributed by atoms with E-state index >= 15 is 0 Å². The first-order chi connectivity index (χ1) is 15.6. The van der Waals surface area contributed by atoms with Crippen LogP contribution in [0.4, 0.5) is 0 Å². The summed E-state index contributed by atoms with van der Waals surface area (Å²) in [5, 5.41) is 4.59.